The summed E-state index contributed by atoms with van der Waals surface area (Å²) in [6.07, 6.45) is 1.23. The van der Waals surface area contributed by atoms with Crippen LogP contribution in [0.2, 0.25) is 5.02 Å². The van der Waals surface area contributed by atoms with Gasteiger partial charge in [-0.1, -0.05) is 11.6 Å². The second kappa shape index (κ2) is 9.47. The van der Waals surface area contributed by atoms with Crippen molar-refractivity contribution in [1.29, 1.82) is 0 Å². The Morgan fingerprint density at radius 3 is 2.50 bits per heavy atom. The molecule has 2 heterocycles. The maximum Gasteiger partial charge on any atom is 0.255 e. The number of halogens is 1. The van der Waals surface area contributed by atoms with E-state index in [1.807, 2.05) is 5.38 Å². The Bertz CT molecular complexity index is 1010. The lowest BCUT2D eigenvalue weighted by molar-refractivity contribution is 0.0698. The van der Waals surface area contributed by atoms with E-state index < -0.39 is 10.0 Å². The van der Waals surface area contributed by atoms with Gasteiger partial charge in [-0.3, -0.25) is 9.59 Å². The van der Waals surface area contributed by atoms with Gasteiger partial charge in [-0.2, -0.15) is 11.3 Å². The first-order valence-electron chi connectivity index (χ1n) is 9.61. The summed E-state index contributed by atoms with van der Waals surface area (Å²) in [7, 11) is -3.73. The molecule has 1 aliphatic heterocycles. The third-order valence-electron chi connectivity index (χ3n) is 4.77. The highest BCUT2D eigenvalue weighted by Crippen LogP contribution is 2.24. The number of rotatable bonds is 6. The molecule has 1 aromatic carbocycles. The van der Waals surface area contributed by atoms with Crippen molar-refractivity contribution in [3.63, 3.8) is 0 Å². The molecule has 1 aliphatic rings. The third kappa shape index (κ3) is 5.40. The molecule has 2 amide bonds. The lowest BCUT2D eigenvalue weighted by Gasteiger charge is -2.32. The van der Waals surface area contributed by atoms with E-state index >= 15 is 0 Å². The summed E-state index contributed by atoms with van der Waals surface area (Å²) in [5.74, 6) is -0.427. The second-order valence-electron chi connectivity index (χ2n) is 7.47. The van der Waals surface area contributed by atoms with Crippen LogP contribution in [-0.4, -0.2) is 50.3 Å². The summed E-state index contributed by atoms with van der Waals surface area (Å²) in [5, 5.41) is 6.85. The Hall–Kier alpha value is -1.94. The van der Waals surface area contributed by atoms with E-state index in [1.165, 1.54) is 29.5 Å². The van der Waals surface area contributed by atoms with E-state index in [0.717, 1.165) is 0 Å². The van der Waals surface area contributed by atoms with Crippen molar-refractivity contribution in [1.82, 2.24) is 14.9 Å². The van der Waals surface area contributed by atoms with E-state index in [4.69, 9.17) is 11.6 Å². The fraction of sp³-hybridized carbons (Fsp3) is 0.400. The van der Waals surface area contributed by atoms with E-state index in [0.29, 0.717) is 31.5 Å². The van der Waals surface area contributed by atoms with Crippen LogP contribution in [-0.2, 0) is 10.0 Å². The summed E-state index contributed by atoms with van der Waals surface area (Å²) >= 11 is 7.67. The van der Waals surface area contributed by atoms with Gasteiger partial charge >= 0.3 is 0 Å². The highest BCUT2D eigenvalue weighted by atomic mass is 35.5. The number of amides is 2. The van der Waals surface area contributed by atoms with Gasteiger partial charge in [0.05, 0.1) is 15.5 Å². The summed E-state index contributed by atoms with van der Waals surface area (Å²) in [4.78, 5) is 26.8. The minimum atomic E-state index is -3.73. The topological polar surface area (TPSA) is 95.6 Å². The van der Waals surface area contributed by atoms with Crippen molar-refractivity contribution in [2.75, 3.05) is 13.1 Å². The summed E-state index contributed by atoms with van der Waals surface area (Å²) < 4.78 is 27.4. The molecule has 0 unspecified atom stereocenters. The van der Waals surface area contributed by atoms with Crippen LogP contribution in [0.3, 0.4) is 0 Å². The van der Waals surface area contributed by atoms with Crippen molar-refractivity contribution in [2.45, 2.75) is 43.7 Å². The van der Waals surface area contributed by atoms with Gasteiger partial charge in [0, 0.05) is 36.1 Å². The molecular weight excluding hydrogens is 446 g/mol. The molecule has 0 spiro atoms. The van der Waals surface area contributed by atoms with Crippen LogP contribution in [0.15, 0.2) is 39.9 Å². The van der Waals surface area contributed by atoms with Crippen LogP contribution in [0.4, 0.5) is 0 Å². The Kier molecular flexibility index (Phi) is 7.18. The maximum absolute atomic E-state index is 13.0. The lowest BCUT2D eigenvalue weighted by Crippen LogP contribution is -2.46. The molecule has 1 saturated heterocycles. The Labute approximate surface area is 185 Å². The van der Waals surface area contributed by atoms with Crippen molar-refractivity contribution >= 4 is 44.8 Å². The normalized spacial score (nSPS) is 15.4. The monoisotopic (exact) mass is 469 g/mol. The summed E-state index contributed by atoms with van der Waals surface area (Å²) in [5.41, 5.74) is 0.794. The summed E-state index contributed by atoms with van der Waals surface area (Å²) in [6, 6.07) is 5.62. The molecule has 10 heteroatoms. The van der Waals surface area contributed by atoms with Gasteiger partial charge in [0.15, 0.2) is 0 Å². The highest BCUT2D eigenvalue weighted by molar-refractivity contribution is 7.89. The van der Waals surface area contributed by atoms with Gasteiger partial charge in [0.25, 0.3) is 11.8 Å². The first kappa shape index (κ1) is 22.7. The number of likely N-dealkylation sites (tertiary alicyclic amines) is 1. The molecule has 0 saturated carbocycles. The van der Waals surface area contributed by atoms with Crippen LogP contribution < -0.4 is 10.0 Å². The Balaban J connectivity index is 1.66. The highest BCUT2D eigenvalue weighted by Gasteiger charge is 2.27. The number of hydrogen-bond donors (Lipinski definition) is 2. The fourth-order valence-electron chi connectivity index (χ4n) is 3.27. The zero-order valence-electron chi connectivity index (χ0n) is 16.7. The van der Waals surface area contributed by atoms with Crippen LogP contribution in [0.1, 0.15) is 47.4 Å². The zero-order valence-corrected chi connectivity index (χ0v) is 19.1. The van der Waals surface area contributed by atoms with Crippen LogP contribution in [0.25, 0.3) is 0 Å². The van der Waals surface area contributed by atoms with Crippen molar-refractivity contribution in [2.24, 2.45) is 0 Å². The van der Waals surface area contributed by atoms with E-state index in [1.54, 1.807) is 30.2 Å². The Morgan fingerprint density at radius 2 is 1.90 bits per heavy atom. The maximum atomic E-state index is 13.0. The molecule has 3 rings (SSSR count). The standard InChI is InChI=1S/C20H24ClN3O4S2/c1-13(2)23-30(27,28)16-3-4-18(21)17(11-16)20(26)24-8-5-15(6-9-24)22-19(25)14-7-10-29-12-14/h3-4,7,10-13,15,23H,5-6,8-9H2,1-2H3,(H,22,25). The number of carbonyl (C=O) groups excluding carboxylic acids is 2. The minimum Gasteiger partial charge on any atom is -0.349 e. The minimum absolute atomic E-state index is 0.00172. The van der Waals surface area contributed by atoms with Gasteiger partial charge in [0.1, 0.15) is 0 Å². The first-order chi connectivity index (χ1) is 14.2. The van der Waals surface area contributed by atoms with Gasteiger partial charge in [-0.25, -0.2) is 13.1 Å². The van der Waals surface area contributed by atoms with Crippen molar-refractivity contribution in [3.05, 3.63) is 51.2 Å². The Morgan fingerprint density at radius 1 is 1.20 bits per heavy atom. The number of carbonyl (C=O) groups is 2. The molecule has 1 fully saturated rings. The van der Waals surface area contributed by atoms with Crippen LogP contribution in [0.5, 0.6) is 0 Å². The van der Waals surface area contributed by atoms with Crippen molar-refractivity contribution < 1.29 is 18.0 Å². The average molecular weight is 470 g/mol. The number of nitrogens with one attached hydrogen (secondary N) is 2. The molecule has 30 heavy (non-hydrogen) atoms. The van der Waals surface area contributed by atoms with Crippen LogP contribution >= 0.6 is 22.9 Å². The van der Waals surface area contributed by atoms with Crippen molar-refractivity contribution in [3.8, 4) is 0 Å². The van der Waals surface area contributed by atoms with Gasteiger partial charge in [-0.15, -0.1) is 0 Å². The van der Waals surface area contributed by atoms with E-state index in [9.17, 15) is 18.0 Å². The van der Waals surface area contributed by atoms with Gasteiger partial charge in [-0.05, 0) is 56.3 Å². The summed E-state index contributed by atoms with van der Waals surface area (Å²) in [6.45, 7) is 4.34. The van der Waals surface area contributed by atoms with Crippen LogP contribution in [0, 0.1) is 0 Å². The second-order valence-corrected chi connectivity index (χ2v) is 10.4. The average Bonchev–Trinajstić information content (AvgIpc) is 3.22. The number of nitrogens with zero attached hydrogens (tertiary/aromatic N) is 1. The van der Waals surface area contributed by atoms with E-state index in [2.05, 4.69) is 10.0 Å². The number of piperidine rings is 1. The molecule has 0 bridgehead atoms. The SMILES string of the molecule is CC(C)NS(=O)(=O)c1ccc(Cl)c(C(=O)N2CCC(NC(=O)c3ccsc3)CC2)c1. The molecule has 0 atom stereocenters. The number of sulfonamides is 1. The molecule has 162 valence electrons. The predicted molar refractivity (Wildman–Crippen MR) is 118 cm³/mol. The fourth-order valence-corrected chi connectivity index (χ4v) is 5.38. The molecule has 1 aromatic heterocycles. The molecule has 7 nitrogen and oxygen atoms in total. The predicted octanol–water partition coefficient (Wildman–Crippen LogP) is 3.12. The molecular formula is C20H24ClN3O4S2. The first-order valence-corrected chi connectivity index (χ1v) is 12.4. The lowest BCUT2D eigenvalue weighted by atomic mass is 10.0. The van der Waals surface area contributed by atoms with Gasteiger partial charge in [0.2, 0.25) is 10.0 Å². The largest absolute Gasteiger partial charge is 0.349 e. The molecule has 0 aliphatic carbocycles. The smallest absolute Gasteiger partial charge is 0.255 e. The molecule has 2 aromatic rings. The molecule has 2 N–H and O–H groups in total. The number of benzene rings is 1. The quantitative estimate of drug-likeness (QED) is 0.679. The number of hydrogen-bond acceptors (Lipinski definition) is 5. The van der Waals surface area contributed by atoms with Gasteiger partial charge < -0.3 is 10.2 Å². The zero-order chi connectivity index (χ0) is 21.9. The number of thiophene rings is 1. The molecule has 0 radical (unpaired) electrons. The third-order valence-corrected chi connectivity index (χ3v) is 7.44. The van der Waals surface area contributed by atoms with E-state index in [-0.39, 0.29) is 39.4 Å².